The van der Waals surface area contributed by atoms with Crippen molar-refractivity contribution in [2.75, 3.05) is 0 Å². The van der Waals surface area contributed by atoms with Crippen molar-refractivity contribution in [2.45, 2.75) is 38.5 Å². The minimum Gasteiger partial charge on any atom is -0.0795 e. The highest BCUT2D eigenvalue weighted by Gasteiger charge is 2.24. The average Bonchev–Trinajstić information content (AvgIpc) is 2.87. The van der Waals surface area contributed by atoms with Crippen LogP contribution in [0.1, 0.15) is 44.2 Å². The highest BCUT2D eigenvalue weighted by Crippen LogP contribution is 2.40. The molecule has 0 bridgehead atoms. The van der Waals surface area contributed by atoms with Crippen LogP contribution < -0.4 is 0 Å². The molecular weight excluding hydrogens is 216 g/mol. The van der Waals surface area contributed by atoms with Gasteiger partial charge in [-0.25, -0.2) is 0 Å². The van der Waals surface area contributed by atoms with Crippen LogP contribution >= 0.6 is 0 Å². The van der Waals surface area contributed by atoms with Crippen molar-refractivity contribution < 1.29 is 0 Å². The monoisotopic (exact) mass is 236 g/mol. The molecule has 18 heavy (non-hydrogen) atoms. The van der Waals surface area contributed by atoms with E-state index in [1.54, 1.807) is 0 Å². The molecule has 2 aliphatic rings. The second-order valence-corrected chi connectivity index (χ2v) is 6.28. The fraction of sp³-hybridized carbons (Fsp3) is 0.333. The van der Waals surface area contributed by atoms with Gasteiger partial charge < -0.3 is 0 Å². The van der Waals surface area contributed by atoms with Gasteiger partial charge in [-0.05, 0) is 34.1 Å². The van der Waals surface area contributed by atoms with Crippen LogP contribution in [0.25, 0.3) is 0 Å². The summed E-state index contributed by atoms with van der Waals surface area (Å²) in [5.74, 6) is 0.468. The lowest BCUT2D eigenvalue weighted by molar-refractivity contribution is 0.582. The number of hydrogen-bond acceptors (Lipinski definition) is 0. The van der Waals surface area contributed by atoms with E-state index < -0.39 is 0 Å². The van der Waals surface area contributed by atoms with E-state index in [-0.39, 0.29) is 5.41 Å². The Morgan fingerprint density at radius 3 is 2.56 bits per heavy atom. The zero-order valence-electron chi connectivity index (χ0n) is 11.4. The SMILES string of the molecule is CC(C)(C)c1ccccc1C1C=C2C=CCC2=C1. The van der Waals surface area contributed by atoms with Gasteiger partial charge >= 0.3 is 0 Å². The highest BCUT2D eigenvalue weighted by molar-refractivity contribution is 5.56. The number of fused-ring (bicyclic) bond motifs is 1. The minimum atomic E-state index is 0.209. The molecule has 0 amide bonds. The minimum absolute atomic E-state index is 0.209. The van der Waals surface area contributed by atoms with Crippen LogP contribution in [-0.4, -0.2) is 0 Å². The Kier molecular flexibility index (Phi) is 2.55. The third kappa shape index (κ3) is 1.86. The molecule has 0 saturated heterocycles. The van der Waals surface area contributed by atoms with Gasteiger partial charge in [-0.3, -0.25) is 0 Å². The van der Waals surface area contributed by atoms with E-state index in [1.807, 2.05) is 0 Å². The number of benzene rings is 1. The quantitative estimate of drug-likeness (QED) is 0.651. The summed E-state index contributed by atoms with van der Waals surface area (Å²) in [6, 6.07) is 8.87. The molecule has 0 aromatic heterocycles. The number of hydrogen-bond donors (Lipinski definition) is 0. The molecule has 0 heteroatoms. The summed E-state index contributed by atoms with van der Waals surface area (Å²) >= 11 is 0. The second-order valence-electron chi connectivity index (χ2n) is 6.28. The van der Waals surface area contributed by atoms with E-state index >= 15 is 0 Å². The van der Waals surface area contributed by atoms with Gasteiger partial charge in [0.25, 0.3) is 0 Å². The van der Waals surface area contributed by atoms with Gasteiger partial charge in [-0.1, -0.05) is 69.3 Å². The van der Waals surface area contributed by atoms with E-state index in [0.717, 1.165) is 6.42 Å². The van der Waals surface area contributed by atoms with Gasteiger partial charge in [0, 0.05) is 5.92 Å². The van der Waals surface area contributed by atoms with Crippen molar-refractivity contribution in [3.05, 3.63) is 70.8 Å². The van der Waals surface area contributed by atoms with Crippen molar-refractivity contribution in [3.8, 4) is 0 Å². The Labute approximate surface area is 110 Å². The fourth-order valence-electron chi connectivity index (χ4n) is 2.97. The topological polar surface area (TPSA) is 0 Å². The van der Waals surface area contributed by atoms with E-state index in [9.17, 15) is 0 Å². The lowest BCUT2D eigenvalue weighted by atomic mass is 9.80. The Morgan fingerprint density at radius 1 is 1.06 bits per heavy atom. The Balaban J connectivity index is 2.05. The van der Waals surface area contributed by atoms with Crippen molar-refractivity contribution >= 4 is 0 Å². The summed E-state index contributed by atoms with van der Waals surface area (Å²) in [4.78, 5) is 0. The van der Waals surface area contributed by atoms with Crippen molar-refractivity contribution in [1.82, 2.24) is 0 Å². The molecule has 0 fully saturated rings. The molecule has 0 nitrogen and oxygen atoms in total. The zero-order valence-corrected chi connectivity index (χ0v) is 11.4. The standard InChI is InChI=1S/C18H20/c1-18(2,3)17-10-5-4-9-16(17)15-11-13-7-6-8-14(13)12-15/h4-7,9-12,15H,8H2,1-3H3. The zero-order chi connectivity index (χ0) is 12.8. The van der Waals surface area contributed by atoms with Gasteiger partial charge in [0.05, 0.1) is 0 Å². The highest BCUT2D eigenvalue weighted by atomic mass is 14.3. The predicted molar refractivity (Wildman–Crippen MR) is 77.8 cm³/mol. The Bertz CT molecular complexity index is 562. The summed E-state index contributed by atoms with van der Waals surface area (Å²) in [6.45, 7) is 6.88. The van der Waals surface area contributed by atoms with Crippen LogP contribution in [0.4, 0.5) is 0 Å². The van der Waals surface area contributed by atoms with Crippen molar-refractivity contribution in [1.29, 1.82) is 0 Å². The molecule has 0 heterocycles. The third-order valence-electron chi connectivity index (χ3n) is 3.87. The van der Waals surface area contributed by atoms with Gasteiger partial charge in [-0.15, -0.1) is 0 Å². The van der Waals surface area contributed by atoms with Crippen LogP contribution in [-0.2, 0) is 5.41 Å². The molecule has 0 aliphatic heterocycles. The number of rotatable bonds is 1. The van der Waals surface area contributed by atoms with Crippen molar-refractivity contribution in [3.63, 3.8) is 0 Å². The van der Waals surface area contributed by atoms with Crippen LogP contribution in [0.15, 0.2) is 59.7 Å². The van der Waals surface area contributed by atoms with E-state index in [0.29, 0.717) is 5.92 Å². The lowest BCUT2D eigenvalue weighted by Gasteiger charge is -2.24. The smallest absolute Gasteiger partial charge is 0.0216 e. The second kappa shape index (κ2) is 3.98. The third-order valence-corrected chi connectivity index (χ3v) is 3.87. The van der Waals surface area contributed by atoms with E-state index in [1.165, 1.54) is 22.3 Å². The molecule has 0 N–H and O–H groups in total. The molecule has 1 aromatic carbocycles. The van der Waals surface area contributed by atoms with Gasteiger partial charge in [-0.2, -0.15) is 0 Å². The normalized spacial score (nSPS) is 21.8. The lowest BCUT2D eigenvalue weighted by Crippen LogP contribution is -2.14. The fourth-order valence-corrected chi connectivity index (χ4v) is 2.97. The van der Waals surface area contributed by atoms with Crippen molar-refractivity contribution in [2.24, 2.45) is 0 Å². The van der Waals surface area contributed by atoms with Gasteiger partial charge in [0.15, 0.2) is 0 Å². The maximum atomic E-state index is 2.43. The summed E-state index contributed by atoms with van der Waals surface area (Å²) in [5.41, 5.74) is 6.08. The van der Waals surface area contributed by atoms with Crippen LogP contribution in [0.3, 0.4) is 0 Å². The van der Waals surface area contributed by atoms with Crippen LogP contribution in [0, 0.1) is 0 Å². The van der Waals surface area contributed by atoms with Crippen LogP contribution in [0.5, 0.6) is 0 Å². The molecule has 1 atom stereocenters. The van der Waals surface area contributed by atoms with E-state index in [4.69, 9.17) is 0 Å². The predicted octanol–water partition coefficient (Wildman–Crippen LogP) is 4.89. The summed E-state index contributed by atoms with van der Waals surface area (Å²) < 4.78 is 0. The first-order chi connectivity index (χ1) is 8.55. The Hall–Kier alpha value is -1.56. The molecule has 3 rings (SSSR count). The molecule has 92 valence electrons. The average molecular weight is 236 g/mol. The summed E-state index contributed by atoms with van der Waals surface area (Å²) in [6.07, 6.45) is 10.5. The molecule has 0 saturated carbocycles. The molecule has 0 spiro atoms. The Morgan fingerprint density at radius 2 is 1.83 bits per heavy atom. The molecule has 2 aliphatic carbocycles. The summed E-state index contributed by atoms with van der Waals surface area (Å²) in [5, 5.41) is 0. The molecule has 0 radical (unpaired) electrons. The van der Waals surface area contributed by atoms with Gasteiger partial charge in [0.2, 0.25) is 0 Å². The first-order valence-corrected chi connectivity index (χ1v) is 6.74. The van der Waals surface area contributed by atoms with Crippen LogP contribution in [0.2, 0.25) is 0 Å². The number of allylic oxidation sites excluding steroid dienone is 6. The first kappa shape index (κ1) is 11.5. The van der Waals surface area contributed by atoms with E-state index in [2.05, 4.69) is 69.3 Å². The largest absolute Gasteiger partial charge is 0.0795 e. The first-order valence-electron chi connectivity index (χ1n) is 6.74. The maximum absolute atomic E-state index is 2.43. The van der Waals surface area contributed by atoms with Gasteiger partial charge in [0.1, 0.15) is 0 Å². The maximum Gasteiger partial charge on any atom is 0.0216 e. The summed E-state index contributed by atoms with van der Waals surface area (Å²) in [7, 11) is 0. The molecule has 1 aromatic rings. The molecule has 1 unspecified atom stereocenters. The molecular formula is C18H20.